The van der Waals surface area contributed by atoms with Crippen molar-refractivity contribution in [2.45, 2.75) is 62.2 Å². The summed E-state index contributed by atoms with van der Waals surface area (Å²) in [5.41, 5.74) is 6.01. The molecule has 0 saturated carbocycles. The zero-order valence-corrected chi connectivity index (χ0v) is 13.0. The Bertz CT molecular complexity index is 282. The predicted molar refractivity (Wildman–Crippen MR) is 83.7 cm³/mol. The summed E-state index contributed by atoms with van der Waals surface area (Å²) >= 11 is 6.48. The van der Waals surface area contributed by atoms with E-state index in [1.54, 1.807) is 0 Å². The zero-order chi connectivity index (χ0) is 13.4. The first kappa shape index (κ1) is 16.0. The van der Waals surface area contributed by atoms with Gasteiger partial charge in [-0.1, -0.05) is 33.1 Å². The van der Waals surface area contributed by atoms with Gasteiger partial charge >= 0.3 is 0 Å². The van der Waals surface area contributed by atoms with Gasteiger partial charge in [0, 0.05) is 11.0 Å². The van der Waals surface area contributed by atoms with Crippen LogP contribution in [0.5, 0.6) is 0 Å². The van der Waals surface area contributed by atoms with Crippen LogP contribution in [-0.2, 0) is 0 Å². The Labute approximate surface area is 120 Å². The minimum atomic E-state index is -0.947. The highest BCUT2D eigenvalue weighted by molar-refractivity contribution is 8.00. The maximum Gasteiger partial charge on any atom is 0.235 e. The maximum atomic E-state index is 6.01. The smallest absolute Gasteiger partial charge is 0.235 e. The van der Waals surface area contributed by atoms with Gasteiger partial charge in [0.25, 0.3) is 0 Å². The first-order valence-corrected chi connectivity index (χ1v) is 8.23. The molecule has 3 unspecified atom stereocenters. The van der Waals surface area contributed by atoms with Crippen molar-refractivity contribution in [1.82, 2.24) is 0 Å². The fourth-order valence-corrected chi connectivity index (χ4v) is 3.64. The quantitative estimate of drug-likeness (QED) is 0.638. The summed E-state index contributed by atoms with van der Waals surface area (Å²) in [6, 6.07) is 0. The standard InChI is InChI=1S/C12H24N4S2/c1-3-5-7-10(6-4-2)18-8-11(17)12(13)14-9-15-16-12/h9-11,17H,3-8,13H2,1-2H3. The lowest BCUT2D eigenvalue weighted by atomic mass is 10.1. The lowest BCUT2D eigenvalue weighted by molar-refractivity contribution is 0.468. The molecule has 1 heterocycles. The third-order valence-corrected chi connectivity index (χ3v) is 5.28. The molecule has 1 aliphatic rings. The number of aliphatic imine (C=N–C) groups is 1. The molecule has 0 aromatic heterocycles. The zero-order valence-electron chi connectivity index (χ0n) is 11.2. The first-order chi connectivity index (χ1) is 8.62. The number of azo groups is 1. The van der Waals surface area contributed by atoms with Crippen LogP contribution in [0.15, 0.2) is 15.2 Å². The van der Waals surface area contributed by atoms with Gasteiger partial charge in [-0.2, -0.15) is 24.4 Å². The second-order valence-electron chi connectivity index (χ2n) is 4.65. The lowest BCUT2D eigenvalue weighted by Crippen LogP contribution is -2.44. The molecule has 0 saturated heterocycles. The van der Waals surface area contributed by atoms with Crippen molar-refractivity contribution in [3.8, 4) is 0 Å². The van der Waals surface area contributed by atoms with Gasteiger partial charge < -0.3 is 0 Å². The molecule has 3 atom stereocenters. The van der Waals surface area contributed by atoms with Gasteiger partial charge in [0.2, 0.25) is 5.79 Å². The van der Waals surface area contributed by atoms with Gasteiger partial charge in [-0.3, -0.25) is 5.73 Å². The van der Waals surface area contributed by atoms with Crippen LogP contribution in [0.2, 0.25) is 0 Å². The van der Waals surface area contributed by atoms with E-state index in [0.717, 1.165) is 5.75 Å². The number of unbranched alkanes of at least 4 members (excludes halogenated alkanes) is 1. The molecule has 0 aromatic rings. The topological polar surface area (TPSA) is 63.1 Å². The summed E-state index contributed by atoms with van der Waals surface area (Å²) < 4.78 is 0. The second kappa shape index (κ2) is 8.17. The molecule has 1 rings (SSSR count). The molecule has 18 heavy (non-hydrogen) atoms. The van der Waals surface area contributed by atoms with Crippen LogP contribution in [0.3, 0.4) is 0 Å². The Kier molecular flexibility index (Phi) is 7.26. The second-order valence-corrected chi connectivity index (χ2v) is 6.60. The summed E-state index contributed by atoms with van der Waals surface area (Å²) in [7, 11) is 0. The van der Waals surface area contributed by atoms with Crippen LogP contribution in [0, 0.1) is 0 Å². The van der Waals surface area contributed by atoms with E-state index < -0.39 is 5.79 Å². The summed E-state index contributed by atoms with van der Waals surface area (Å²) in [6.45, 7) is 4.47. The number of hydrogen-bond acceptors (Lipinski definition) is 6. The lowest BCUT2D eigenvalue weighted by Gasteiger charge is -2.24. The number of hydrogen-bond donors (Lipinski definition) is 2. The Balaban J connectivity index is 2.36. The number of rotatable bonds is 9. The maximum absolute atomic E-state index is 6.01. The Morgan fingerprint density at radius 2 is 2.11 bits per heavy atom. The molecular formula is C12H24N4S2. The summed E-state index contributed by atoms with van der Waals surface area (Å²) in [5, 5.41) is 8.29. The van der Waals surface area contributed by atoms with Gasteiger partial charge in [-0.15, -0.1) is 10.2 Å². The van der Waals surface area contributed by atoms with Gasteiger partial charge in [0.05, 0.1) is 5.25 Å². The number of nitrogens with zero attached hydrogens (tertiary/aromatic N) is 3. The molecule has 0 bridgehead atoms. The van der Waals surface area contributed by atoms with Gasteiger partial charge in [-0.25, -0.2) is 4.99 Å². The molecule has 0 spiro atoms. The van der Waals surface area contributed by atoms with E-state index in [1.165, 1.54) is 38.4 Å². The normalized spacial score (nSPS) is 25.6. The third-order valence-electron chi connectivity index (χ3n) is 3.00. The van der Waals surface area contributed by atoms with E-state index in [0.29, 0.717) is 5.25 Å². The van der Waals surface area contributed by atoms with E-state index >= 15 is 0 Å². The van der Waals surface area contributed by atoms with Crippen molar-refractivity contribution in [2.24, 2.45) is 21.0 Å². The fourth-order valence-electron chi connectivity index (χ4n) is 1.83. The number of nitrogens with two attached hydrogens (primary N) is 1. The summed E-state index contributed by atoms with van der Waals surface area (Å²) in [6.07, 6.45) is 7.72. The van der Waals surface area contributed by atoms with Crippen LogP contribution < -0.4 is 5.73 Å². The van der Waals surface area contributed by atoms with Crippen LogP contribution in [0.1, 0.15) is 46.0 Å². The molecule has 6 heteroatoms. The van der Waals surface area contributed by atoms with E-state index in [-0.39, 0.29) is 5.25 Å². The molecule has 0 aliphatic carbocycles. The van der Waals surface area contributed by atoms with Crippen LogP contribution >= 0.6 is 24.4 Å². The predicted octanol–water partition coefficient (Wildman–Crippen LogP) is 3.48. The third kappa shape index (κ3) is 4.90. The van der Waals surface area contributed by atoms with Crippen LogP contribution in [-0.4, -0.2) is 28.4 Å². The van der Waals surface area contributed by atoms with Crippen molar-refractivity contribution >= 4 is 30.7 Å². The highest BCUT2D eigenvalue weighted by Crippen LogP contribution is 2.29. The van der Waals surface area contributed by atoms with Gasteiger partial charge in [-0.05, 0) is 12.8 Å². The molecule has 0 amide bonds. The average Bonchev–Trinajstić information content (AvgIpc) is 2.80. The molecule has 1 aliphatic heterocycles. The van der Waals surface area contributed by atoms with E-state index in [4.69, 9.17) is 5.73 Å². The fraction of sp³-hybridized carbons (Fsp3) is 0.917. The molecule has 0 aromatic carbocycles. The molecule has 0 radical (unpaired) electrons. The molecule has 0 fully saturated rings. The first-order valence-electron chi connectivity index (χ1n) is 6.66. The van der Waals surface area contributed by atoms with Crippen molar-refractivity contribution < 1.29 is 0 Å². The monoisotopic (exact) mass is 288 g/mol. The van der Waals surface area contributed by atoms with E-state index in [2.05, 4.69) is 41.7 Å². The largest absolute Gasteiger partial charge is 0.286 e. The minimum Gasteiger partial charge on any atom is -0.286 e. The average molecular weight is 288 g/mol. The Morgan fingerprint density at radius 1 is 1.33 bits per heavy atom. The van der Waals surface area contributed by atoms with Crippen molar-refractivity contribution in [3.63, 3.8) is 0 Å². The molecule has 2 N–H and O–H groups in total. The van der Waals surface area contributed by atoms with E-state index in [1.807, 2.05) is 11.8 Å². The van der Waals surface area contributed by atoms with Gasteiger partial charge in [0.1, 0.15) is 6.34 Å². The minimum absolute atomic E-state index is 0.0778. The van der Waals surface area contributed by atoms with Crippen molar-refractivity contribution in [3.05, 3.63) is 0 Å². The SMILES string of the molecule is CCCCC(CCC)SCC(S)C1(N)N=CN=N1. The molecule has 4 nitrogen and oxygen atoms in total. The Hall–Kier alpha value is -0.0700. The summed E-state index contributed by atoms with van der Waals surface area (Å²) in [5.74, 6) is -0.0814. The molecular weight excluding hydrogens is 264 g/mol. The van der Waals surface area contributed by atoms with Crippen molar-refractivity contribution in [1.29, 1.82) is 0 Å². The van der Waals surface area contributed by atoms with Gasteiger partial charge in [0.15, 0.2) is 0 Å². The van der Waals surface area contributed by atoms with Crippen molar-refractivity contribution in [2.75, 3.05) is 5.75 Å². The summed E-state index contributed by atoms with van der Waals surface area (Å²) in [4.78, 5) is 4.08. The number of thiol groups is 1. The molecule has 104 valence electrons. The van der Waals surface area contributed by atoms with Crippen LogP contribution in [0.25, 0.3) is 0 Å². The highest BCUT2D eigenvalue weighted by Gasteiger charge is 2.34. The highest BCUT2D eigenvalue weighted by atomic mass is 32.2. The number of thioether (sulfide) groups is 1. The Morgan fingerprint density at radius 3 is 2.67 bits per heavy atom. The van der Waals surface area contributed by atoms with Crippen LogP contribution in [0.4, 0.5) is 0 Å². The van der Waals surface area contributed by atoms with E-state index in [9.17, 15) is 0 Å².